The maximum atomic E-state index is 11.8. The fraction of sp³-hybridized carbons (Fsp3) is 0.909. The number of carbonyl (C=O) groups is 1. The van der Waals surface area contributed by atoms with Gasteiger partial charge in [-0.05, 0) is 116 Å². The number of allylic oxidation sites excluding steroid dienone is 1. The molecule has 0 heterocycles. The molecule has 0 aromatic carbocycles. The average molecular weight is 485 g/mol. The topological polar surface area (TPSA) is 26.3 Å². The monoisotopic (exact) mass is 484 g/mol. The van der Waals surface area contributed by atoms with E-state index in [1.54, 1.807) is 6.92 Å². The van der Waals surface area contributed by atoms with Gasteiger partial charge in [-0.1, -0.05) is 67.5 Å². The Balaban J connectivity index is 1.54. The van der Waals surface area contributed by atoms with Gasteiger partial charge in [0.25, 0.3) is 0 Å². The number of ether oxygens (including phenoxy) is 1. The highest BCUT2D eigenvalue weighted by Crippen LogP contribution is 2.74. The average Bonchev–Trinajstić information content (AvgIpc) is 3.05. The van der Waals surface area contributed by atoms with Crippen LogP contribution in [-0.4, -0.2) is 12.1 Å². The van der Waals surface area contributed by atoms with E-state index in [1.165, 1.54) is 63.4 Å². The van der Waals surface area contributed by atoms with Crippen molar-refractivity contribution in [1.29, 1.82) is 0 Å². The van der Waals surface area contributed by atoms with Crippen LogP contribution in [0.4, 0.5) is 0 Å². The Labute approximate surface area is 217 Å². The van der Waals surface area contributed by atoms with Crippen LogP contribution in [0.25, 0.3) is 0 Å². The van der Waals surface area contributed by atoms with Crippen molar-refractivity contribution in [2.24, 2.45) is 57.2 Å². The summed E-state index contributed by atoms with van der Waals surface area (Å²) in [7, 11) is 0. The summed E-state index contributed by atoms with van der Waals surface area (Å²) < 4.78 is 5.89. The SMILES string of the molecule is C=C(CCC(C)C1CCC2(C)C3CCC4C(C)(C)C(OC(C)=O)CCC4(C)C3CCC12C)C(C)C. The number of hydrogen-bond acceptors (Lipinski definition) is 2. The number of hydrogen-bond donors (Lipinski definition) is 0. The predicted octanol–water partition coefficient (Wildman–Crippen LogP) is 9.23. The molecule has 0 spiro atoms. The zero-order valence-electron chi connectivity index (χ0n) is 24.6. The molecule has 0 aliphatic heterocycles. The third kappa shape index (κ3) is 4.16. The summed E-state index contributed by atoms with van der Waals surface area (Å²) in [6, 6.07) is 0. The van der Waals surface area contributed by atoms with Gasteiger partial charge in [-0.25, -0.2) is 0 Å². The van der Waals surface area contributed by atoms with E-state index >= 15 is 0 Å². The fourth-order valence-corrected chi connectivity index (χ4v) is 10.8. The highest BCUT2D eigenvalue weighted by Gasteiger charge is 2.67. The number of carbonyl (C=O) groups excluding carboxylic acids is 1. The van der Waals surface area contributed by atoms with Gasteiger partial charge in [-0.2, -0.15) is 0 Å². The molecular formula is C33H56O2. The Bertz CT molecular complexity index is 825. The summed E-state index contributed by atoms with van der Waals surface area (Å²) in [6.45, 7) is 25.9. The molecule has 0 aromatic rings. The molecule has 0 aromatic heterocycles. The van der Waals surface area contributed by atoms with E-state index in [0.29, 0.717) is 28.1 Å². The second-order valence-electron chi connectivity index (χ2n) is 15.2. The Morgan fingerprint density at radius 2 is 1.54 bits per heavy atom. The normalized spacial score (nSPS) is 45.3. The number of rotatable bonds is 6. The third-order valence-electron chi connectivity index (χ3n) is 13.2. The first kappa shape index (κ1) is 27.3. The largest absolute Gasteiger partial charge is 0.462 e. The van der Waals surface area contributed by atoms with Gasteiger partial charge in [-0.15, -0.1) is 0 Å². The van der Waals surface area contributed by atoms with Crippen LogP contribution in [0.3, 0.4) is 0 Å². The maximum Gasteiger partial charge on any atom is 0.302 e. The van der Waals surface area contributed by atoms with Crippen molar-refractivity contribution in [3.8, 4) is 0 Å². The van der Waals surface area contributed by atoms with Gasteiger partial charge in [0.15, 0.2) is 0 Å². The van der Waals surface area contributed by atoms with E-state index in [1.807, 2.05) is 0 Å². The van der Waals surface area contributed by atoms with Crippen LogP contribution in [0.5, 0.6) is 0 Å². The van der Waals surface area contributed by atoms with Crippen molar-refractivity contribution in [2.45, 2.75) is 133 Å². The van der Waals surface area contributed by atoms with Crippen molar-refractivity contribution in [1.82, 2.24) is 0 Å². The van der Waals surface area contributed by atoms with Gasteiger partial charge in [0.05, 0.1) is 0 Å². The van der Waals surface area contributed by atoms with Gasteiger partial charge < -0.3 is 4.74 Å². The van der Waals surface area contributed by atoms with Crippen LogP contribution in [0.1, 0.15) is 127 Å². The van der Waals surface area contributed by atoms with Gasteiger partial charge in [0, 0.05) is 12.3 Å². The second-order valence-corrected chi connectivity index (χ2v) is 15.2. The molecule has 4 aliphatic carbocycles. The van der Waals surface area contributed by atoms with Crippen molar-refractivity contribution >= 4 is 5.97 Å². The molecule has 35 heavy (non-hydrogen) atoms. The molecule has 200 valence electrons. The van der Waals surface area contributed by atoms with Crippen LogP contribution in [0.15, 0.2) is 12.2 Å². The minimum absolute atomic E-state index is 0.0663. The van der Waals surface area contributed by atoms with Crippen LogP contribution in [0, 0.1) is 57.2 Å². The van der Waals surface area contributed by atoms with Crippen LogP contribution < -0.4 is 0 Å². The fourth-order valence-electron chi connectivity index (χ4n) is 10.8. The summed E-state index contributed by atoms with van der Waals surface area (Å²) in [6.07, 6.45) is 13.2. The second kappa shape index (κ2) is 9.20. The van der Waals surface area contributed by atoms with E-state index in [0.717, 1.165) is 30.1 Å². The van der Waals surface area contributed by atoms with Crippen molar-refractivity contribution in [3.63, 3.8) is 0 Å². The standard InChI is InChI=1S/C33H56O2/c1-21(2)22(3)11-12-23(4)25-15-19-33(10)27-13-14-28-30(6,7)29(35-24(5)34)17-18-31(28,8)26(27)16-20-32(25,33)9/h21,23,25-29H,3,11-20H2,1-2,4-10H3. The molecule has 4 fully saturated rings. The smallest absolute Gasteiger partial charge is 0.302 e. The summed E-state index contributed by atoms with van der Waals surface area (Å²) in [5.41, 5.74) is 2.82. The predicted molar refractivity (Wildman–Crippen MR) is 147 cm³/mol. The highest BCUT2D eigenvalue weighted by molar-refractivity contribution is 5.66. The van der Waals surface area contributed by atoms with Gasteiger partial charge >= 0.3 is 5.97 Å². The molecule has 0 radical (unpaired) electrons. The van der Waals surface area contributed by atoms with Gasteiger partial charge in [0.2, 0.25) is 0 Å². The lowest BCUT2D eigenvalue weighted by Gasteiger charge is -2.67. The van der Waals surface area contributed by atoms with Crippen molar-refractivity contribution < 1.29 is 9.53 Å². The minimum atomic E-state index is -0.107. The molecule has 0 amide bonds. The molecule has 9 unspecified atom stereocenters. The minimum Gasteiger partial charge on any atom is -0.462 e. The van der Waals surface area contributed by atoms with E-state index in [-0.39, 0.29) is 17.5 Å². The van der Waals surface area contributed by atoms with Gasteiger partial charge in [0.1, 0.15) is 6.10 Å². The Hall–Kier alpha value is -0.790. The molecule has 4 rings (SSSR count). The summed E-state index contributed by atoms with van der Waals surface area (Å²) in [5, 5.41) is 0. The van der Waals surface area contributed by atoms with Gasteiger partial charge in [-0.3, -0.25) is 4.79 Å². The first-order valence-corrected chi connectivity index (χ1v) is 15.0. The zero-order chi connectivity index (χ0) is 26.0. The maximum absolute atomic E-state index is 11.8. The number of esters is 1. The molecule has 0 saturated heterocycles. The molecule has 4 saturated carbocycles. The van der Waals surface area contributed by atoms with E-state index in [2.05, 4.69) is 62.0 Å². The Morgan fingerprint density at radius 3 is 2.17 bits per heavy atom. The molecule has 9 atom stereocenters. The van der Waals surface area contributed by atoms with Crippen LogP contribution >= 0.6 is 0 Å². The Morgan fingerprint density at radius 1 is 0.886 bits per heavy atom. The first-order valence-electron chi connectivity index (χ1n) is 15.0. The molecular weight excluding hydrogens is 428 g/mol. The highest BCUT2D eigenvalue weighted by atomic mass is 16.5. The van der Waals surface area contributed by atoms with Crippen molar-refractivity contribution in [3.05, 3.63) is 12.2 Å². The van der Waals surface area contributed by atoms with E-state index in [4.69, 9.17) is 4.74 Å². The summed E-state index contributed by atoms with van der Waals surface area (Å²) in [5.74, 6) is 4.48. The van der Waals surface area contributed by atoms with Crippen LogP contribution in [0.2, 0.25) is 0 Å². The molecule has 4 aliphatic rings. The molecule has 0 N–H and O–H groups in total. The zero-order valence-corrected chi connectivity index (χ0v) is 24.6. The molecule has 2 heteroatoms. The lowest BCUT2D eigenvalue weighted by atomic mass is 9.38. The molecule has 0 bridgehead atoms. The summed E-state index contributed by atoms with van der Waals surface area (Å²) >= 11 is 0. The molecule has 2 nitrogen and oxygen atoms in total. The quantitative estimate of drug-likeness (QED) is 0.277. The third-order valence-corrected chi connectivity index (χ3v) is 13.2. The number of fused-ring (bicyclic) bond motifs is 5. The summed E-state index contributed by atoms with van der Waals surface area (Å²) in [4.78, 5) is 11.8. The Kier molecular flexibility index (Phi) is 7.16. The first-order chi connectivity index (χ1) is 16.2. The van der Waals surface area contributed by atoms with Crippen LogP contribution in [-0.2, 0) is 9.53 Å². The van der Waals surface area contributed by atoms with E-state index < -0.39 is 0 Å². The lowest BCUT2D eigenvalue weighted by molar-refractivity contribution is -0.209. The lowest BCUT2D eigenvalue weighted by Crippen LogP contribution is -2.62. The van der Waals surface area contributed by atoms with E-state index in [9.17, 15) is 4.79 Å². The van der Waals surface area contributed by atoms with Crippen molar-refractivity contribution in [2.75, 3.05) is 0 Å².